The number of nitrogens with one attached hydrogen (secondary N) is 2. The minimum absolute atomic E-state index is 0.01000. The SMILES string of the molecule is O=C(C=CCN1CC2OCCOC2C1)Nc1cc2c(Nc3ccc(F)c(Cl)c3)ncnc2cc1C#CC1COC2OCCC12. The van der Waals surface area contributed by atoms with Gasteiger partial charge in [0, 0.05) is 42.7 Å². The number of rotatable bonds is 6. The van der Waals surface area contributed by atoms with E-state index in [1.165, 1.54) is 24.5 Å². The number of ether oxygens (including phenoxy) is 4. The summed E-state index contributed by atoms with van der Waals surface area (Å²) in [6, 6.07) is 7.96. The van der Waals surface area contributed by atoms with E-state index in [9.17, 15) is 9.18 Å². The molecule has 1 aromatic heterocycles. The fourth-order valence-electron chi connectivity index (χ4n) is 6.07. The molecule has 44 heavy (non-hydrogen) atoms. The van der Waals surface area contributed by atoms with Crippen molar-refractivity contribution in [3.8, 4) is 11.8 Å². The Labute approximate surface area is 258 Å². The zero-order valence-electron chi connectivity index (χ0n) is 23.8. The summed E-state index contributed by atoms with van der Waals surface area (Å²) in [5.74, 6) is 6.56. The fraction of sp³-hybridized carbons (Fsp3) is 0.406. The molecule has 3 aromatic rings. The third-order valence-electron chi connectivity index (χ3n) is 8.32. The molecule has 0 aliphatic carbocycles. The van der Waals surface area contributed by atoms with Crippen LogP contribution in [0.3, 0.4) is 0 Å². The molecule has 0 saturated carbocycles. The van der Waals surface area contributed by atoms with E-state index in [2.05, 4.69) is 37.3 Å². The van der Waals surface area contributed by atoms with Gasteiger partial charge in [-0.25, -0.2) is 14.4 Å². The van der Waals surface area contributed by atoms with Crippen LogP contribution in [0.15, 0.2) is 48.8 Å². The van der Waals surface area contributed by atoms with E-state index in [-0.39, 0.29) is 41.3 Å². The van der Waals surface area contributed by atoms with Gasteiger partial charge >= 0.3 is 0 Å². The summed E-state index contributed by atoms with van der Waals surface area (Å²) in [6.45, 7) is 4.56. The quantitative estimate of drug-likeness (QED) is 0.311. The van der Waals surface area contributed by atoms with Crippen LogP contribution in [0, 0.1) is 29.5 Å². The van der Waals surface area contributed by atoms with Gasteiger partial charge in [-0.05, 0) is 36.8 Å². The van der Waals surface area contributed by atoms with E-state index < -0.39 is 5.82 Å². The molecule has 12 heteroatoms. The summed E-state index contributed by atoms with van der Waals surface area (Å²) < 4.78 is 36.7. The normalized spacial score (nSPS) is 26.4. The molecule has 10 nitrogen and oxygen atoms in total. The number of amides is 1. The first kappa shape index (κ1) is 29.1. The second-order valence-corrected chi connectivity index (χ2v) is 11.6. The third kappa shape index (κ3) is 6.28. The van der Waals surface area contributed by atoms with Crippen molar-refractivity contribution >= 4 is 45.6 Å². The third-order valence-corrected chi connectivity index (χ3v) is 8.61. The standard InChI is InChI=1S/C32H31ClFN5O5/c33-24-13-21(5-6-25(24)34)37-31-23-14-26(38-30(40)2-1-8-39-15-28-29(16-39)42-11-10-41-28)19(12-27(23)35-18-36-31)3-4-20-17-44-32-22(20)7-9-43-32/h1-2,5-6,12-14,18,20,22,28-29,32H,7-11,15-17H2,(H,38,40)(H,35,36,37). The lowest BCUT2D eigenvalue weighted by molar-refractivity contribution is -0.116. The first-order chi connectivity index (χ1) is 21.5. The van der Waals surface area contributed by atoms with Crippen LogP contribution < -0.4 is 10.6 Å². The lowest BCUT2D eigenvalue weighted by Gasteiger charge is -2.24. The molecule has 4 fully saturated rings. The molecule has 5 unspecified atom stereocenters. The molecule has 0 bridgehead atoms. The van der Waals surface area contributed by atoms with E-state index in [1.54, 1.807) is 12.1 Å². The van der Waals surface area contributed by atoms with Gasteiger partial charge < -0.3 is 29.6 Å². The molecule has 2 N–H and O–H groups in total. The Morgan fingerprint density at radius 1 is 1.09 bits per heavy atom. The molecule has 1 amide bonds. The van der Waals surface area contributed by atoms with Gasteiger partial charge in [0.25, 0.3) is 0 Å². The van der Waals surface area contributed by atoms with E-state index in [0.717, 1.165) is 19.5 Å². The maximum Gasteiger partial charge on any atom is 0.248 e. The van der Waals surface area contributed by atoms with E-state index in [1.807, 2.05) is 12.1 Å². The predicted molar refractivity (Wildman–Crippen MR) is 162 cm³/mol. The van der Waals surface area contributed by atoms with Gasteiger partial charge in [0.2, 0.25) is 5.91 Å². The number of carbonyl (C=O) groups is 1. The number of anilines is 3. The zero-order valence-corrected chi connectivity index (χ0v) is 24.6. The molecule has 7 rings (SSSR count). The molecular formula is C32H31ClFN5O5. The average molecular weight is 620 g/mol. The summed E-state index contributed by atoms with van der Waals surface area (Å²) in [6.07, 6.45) is 5.66. The molecule has 228 valence electrons. The van der Waals surface area contributed by atoms with Crippen molar-refractivity contribution in [2.75, 3.05) is 56.7 Å². The van der Waals surface area contributed by atoms with E-state index in [4.69, 9.17) is 30.5 Å². The van der Waals surface area contributed by atoms with Crippen LogP contribution in [-0.4, -0.2) is 85.3 Å². The number of hydrogen-bond acceptors (Lipinski definition) is 9. The highest BCUT2D eigenvalue weighted by Gasteiger charge is 2.41. The van der Waals surface area contributed by atoms with Gasteiger partial charge in [0.15, 0.2) is 6.29 Å². The van der Waals surface area contributed by atoms with Crippen LogP contribution in [0.2, 0.25) is 5.02 Å². The number of aromatic nitrogens is 2. The van der Waals surface area contributed by atoms with Gasteiger partial charge in [-0.15, -0.1) is 0 Å². The first-order valence-corrected chi connectivity index (χ1v) is 15.1. The summed E-state index contributed by atoms with van der Waals surface area (Å²) >= 11 is 5.99. The van der Waals surface area contributed by atoms with Crippen molar-refractivity contribution in [3.63, 3.8) is 0 Å². The lowest BCUT2D eigenvalue weighted by Crippen LogP contribution is -2.36. The van der Waals surface area contributed by atoms with E-state index >= 15 is 0 Å². The van der Waals surface area contributed by atoms with Gasteiger partial charge in [-0.3, -0.25) is 9.69 Å². The van der Waals surface area contributed by atoms with Crippen molar-refractivity contribution in [1.82, 2.24) is 14.9 Å². The van der Waals surface area contributed by atoms with Crippen molar-refractivity contribution in [1.29, 1.82) is 0 Å². The van der Waals surface area contributed by atoms with Crippen molar-refractivity contribution < 1.29 is 28.1 Å². The van der Waals surface area contributed by atoms with Crippen LogP contribution in [0.25, 0.3) is 10.9 Å². The maximum atomic E-state index is 13.7. The van der Waals surface area contributed by atoms with Gasteiger partial charge in [-0.2, -0.15) is 0 Å². The molecule has 5 heterocycles. The van der Waals surface area contributed by atoms with Crippen LogP contribution in [0.1, 0.15) is 12.0 Å². The Bertz CT molecular complexity index is 1650. The van der Waals surface area contributed by atoms with Crippen molar-refractivity contribution in [2.45, 2.75) is 24.9 Å². The number of nitrogens with zero attached hydrogens (tertiary/aromatic N) is 3. The van der Waals surface area contributed by atoms with Gasteiger partial charge in [0.1, 0.15) is 18.0 Å². The van der Waals surface area contributed by atoms with Gasteiger partial charge in [-0.1, -0.05) is 29.5 Å². The number of hydrogen-bond donors (Lipinski definition) is 2. The Kier molecular flexibility index (Phi) is 8.45. The first-order valence-electron chi connectivity index (χ1n) is 14.7. The second-order valence-electron chi connectivity index (χ2n) is 11.2. The zero-order chi connectivity index (χ0) is 30.0. The molecule has 2 aromatic carbocycles. The molecule has 4 aliphatic heterocycles. The molecule has 0 radical (unpaired) electrons. The summed E-state index contributed by atoms with van der Waals surface area (Å²) in [7, 11) is 0. The predicted octanol–water partition coefficient (Wildman–Crippen LogP) is 4.12. The Morgan fingerprint density at radius 3 is 2.75 bits per heavy atom. The van der Waals surface area contributed by atoms with Crippen LogP contribution in [0.5, 0.6) is 0 Å². The minimum Gasteiger partial charge on any atom is -0.372 e. The van der Waals surface area contributed by atoms with Crippen LogP contribution in [-0.2, 0) is 23.7 Å². The highest BCUT2D eigenvalue weighted by atomic mass is 35.5. The topological polar surface area (TPSA) is 107 Å². The monoisotopic (exact) mass is 619 g/mol. The van der Waals surface area contributed by atoms with Crippen molar-refractivity contribution in [2.24, 2.45) is 11.8 Å². The van der Waals surface area contributed by atoms with Gasteiger partial charge in [0.05, 0.1) is 66.3 Å². The Balaban J connectivity index is 1.14. The van der Waals surface area contributed by atoms with E-state index in [0.29, 0.717) is 66.6 Å². The molecule has 4 aliphatic rings. The number of halogens is 2. The average Bonchev–Trinajstić information content (AvgIpc) is 3.75. The summed E-state index contributed by atoms with van der Waals surface area (Å²) in [4.78, 5) is 24.2. The smallest absolute Gasteiger partial charge is 0.248 e. The maximum absolute atomic E-state index is 13.7. The summed E-state index contributed by atoms with van der Waals surface area (Å²) in [5, 5.41) is 6.82. The second kappa shape index (κ2) is 12.8. The number of likely N-dealkylation sites (tertiary alicyclic amines) is 1. The Hall–Kier alpha value is -3.63. The van der Waals surface area contributed by atoms with Crippen molar-refractivity contribution in [3.05, 3.63) is 65.2 Å². The number of benzene rings is 2. The number of carbonyl (C=O) groups excluding carboxylic acids is 1. The van der Waals surface area contributed by atoms with Crippen LogP contribution in [0.4, 0.5) is 21.6 Å². The molecule has 4 saturated heterocycles. The fourth-order valence-corrected chi connectivity index (χ4v) is 6.25. The highest BCUT2D eigenvalue weighted by Crippen LogP contribution is 2.35. The molecular weight excluding hydrogens is 589 g/mol. The summed E-state index contributed by atoms with van der Waals surface area (Å²) in [5.41, 5.74) is 2.31. The molecule has 5 atom stereocenters. The minimum atomic E-state index is -0.515. The Morgan fingerprint density at radius 2 is 1.93 bits per heavy atom. The molecule has 0 spiro atoms. The lowest BCUT2D eigenvalue weighted by atomic mass is 9.93. The highest BCUT2D eigenvalue weighted by molar-refractivity contribution is 6.31. The largest absolute Gasteiger partial charge is 0.372 e. The number of fused-ring (bicyclic) bond motifs is 3. The van der Waals surface area contributed by atoms with Crippen LogP contribution >= 0.6 is 11.6 Å².